The quantitative estimate of drug-likeness (QED) is 0.495. The minimum atomic E-state index is -4.71. The summed E-state index contributed by atoms with van der Waals surface area (Å²) in [4.78, 5) is 20.2. The number of rotatable bonds is 4. The number of hydrogen-bond donors (Lipinski definition) is 0. The molecule has 27 heavy (non-hydrogen) atoms. The first kappa shape index (κ1) is 18.0. The highest BCUT2D eigenvalue weighted by Crippen LogP contribution is 2.34. The first-order valence-electron chi connectivity index (χ1n) is 7.34. The summed E-state index contributed by atoms with van der Waals surface area (Å²) in [6, 6.07) is 10.6. The summed E-state index contributed by atoms with van der Waals surface area (Å²) in [5.74, 6) is 0. The van der Waals surface area contributed by atoms with Crippen molar-refractivity contribution in [2.45, 2.75) is 6.18 Å². The highest BCUT2D eigenvalue weighted by molar-refractivity contribution is 5.64. The largest absolute Gasteiger partial charge is 0.435 e. The zero-order valence-corrected chi connectivity index (χ0v) is 13.3. The van der Waals surface area contributed by atoms with Crippen LogP contribution in [0.2, 0.25) is 0 Å². The Morgan fingerprint density at radius 3 is 1.78 bits per heavy atom. The van der Waals surface area contributed by atoms with Crippen LogP contribution in [0.5, 0.6) is 0 Å². The van der Waals surface area contributed by atoms with Crippen molar-refractivity contribution >= 4 is 11.4 Å². The predicted molar refractivity (Wildman–Crippen MR) is 87.3 cm³/mol. The topological polar surface area (TPSA) is 104 Å². The maximum absolute atomic E-state index is 13.1. The second-order valence-electron chi connectivity index (χ2n) is 5.40. The fourth-order valence-corrected chi connectivity index (χ4v) is 2.39. The van der Waals surface area contributed by atoms with E-state index in [1.807, 2.05) is 0 Å². The third-order valence-electron chi connectivity index (χ3n) is 3.68. The van der Waals surface area contributed by atoms with E-state index in [-0.39, 0.29) is 28.3 Å². The molecule has 138 valence electrons. The second-order valence-corrected chi connectivity index (χ2v) is 5.40. The third kappa shape index (κ3) is 3.61. The van der Waals surface area contributed by atoms with E-state index in [4.69, 9.17) is 0 Å². The van der Waals surface area contributed by atoms with Gasteiger partial charge in [-0.3, -0.25) is 20.2 Å². The van der Waals surface area contributed by atoms with Crippen molar-refractivity contribution < 1.29 is 23.0 Å². The van der Waals surface area contributed by atoms with Gasteiger partial charge in [0.2, 0.25) is 0 Å². The molecule has 8 nitrogen and oxygen atoms in total. The van der Waals surface area contributed by atoms with Gasteiger partial charge in [-0.25, -0.2) is 4.68 Å². The lowest BCUT2D eigenvalue weighted by Gasteiger charge is -2.07. The zero-order valence-electron chi connectivity index (χ0n) is 13.3. The van der Waals surface area contributed by atoms with E-state index in [9.17, 15) is 33.4 Å². The molecule has 11 heteroatoms. The maximum atomic E-state index is 13.1. The van der Waals surface area contributed by atoms with Crippen molar-refractivity contribution in [2.75, 3.05) is 0 Å². The number of aromatic nitrogens is 2. The molecule has 0 fully saturated rings. The number of alkyl halides is 3. The standard InChI is InChI=1S/C16H9F3N4O4/c17-16(18,19)15-9-14(10-1-3-12(4-2-10)22(24)25)21(20-15)11-5-7-13(8-6-11)23(26)27/h1-9H. The molecular weight excluding hydrogens is 369 g/mol. The molecule has 0 saturated heterocycles. The molecule has 1 heterocycles. The lowest BCUT2D eigenvalue weighted by atomic mass is 10.1. The lowest BCUT2D eigenvalue weighted by Crippen LogP contribution is -2.07. The van der Waals surface area contributed by atoms with Crippen molar-refractivity contribution in [2.24, 2.45) is 0 Å². The maximum Gasteiger partial charge on any atom is 0.435 e. The minimum Gasteiger partial charge on any atom is -0.258 e. The van der Waals surface area contributed by atoms with Gasteiger partial charge in [0, 0.05) is 29.8 Å². The van der Waals surface area contributed by atoms with Gasteiger partial charge in [0.15, 0.2) is 5.69 Å². The molecule has 0 radical (unpaired) electrons. The molecule has 0 N–H and O–H groups in total. The van der Waals surface area contributed by atoms with Crippen LogP contribution in [0.1, 0.15) is 5.69 Å². The Morgan fingerprint density at radius 2 is 1.33 bits per heavy atom. The van der Waals surface area contributed by atoms with E-state index in [0.717, 1.165) is 35.0 Å². The molecule has 0 aliphatic carbocycles. The summed E-state index contributed by atoms with van der Waals surface area (Å²) in [7, 11) is 0. The molecule has 0 saturated carbocycles. The van der Waals surface area contributed by atoms with Gasteiger partial charge in [0.1, 0.15) is 0 Å². The highest BCUT2D eigenvalue weighted by Gasteiger charge is 2.35. The minimum absolute atomic E-state index is 0.0334. The van der Waals surface area contributed by atoms with Gasteiger partial charge >= 0.3 is 6.18 Å². The smallest absolute Gasteiger partial charge is 0.258 e. The molecule has 3 aromatic rings. The first-order chi connectivity index (χ1) is 12.7. The van der Waals surface area contributed by atoms with Crippen LogP contribution in [0.3, 0.4) is 0 Å². The molecular formula is C16H9F3N4O4. The van der Waals surface area contributed by atoms with Gasteiger partial charge in [-0.05, 0) is 30.3 Å². The van der Waals surface area contributed by atoms with Crippen LogP contribution in [0.4, 0.5) is 24.5 Å². The van der Waals surface area contributed by atoms with Crippen molar-refractivity contribution in [3.63, 3.8) is 0 Å². The summed E-state index contributed by atoms with van der Waals surface area (Å²) in [6.07, 6.45) is -4.71. The summed E-state index contributed by atoms with van der Waals surface area (Å²) < 4.78 is 40.3. The van der Waals surface area contributed by atoms with Gasteiger partial charge in [0.05, 0.1) is 21.2 Å². The highest BCUT2D eigenvalue weighted by atomic mass is 19.4. The number of hydrogen-bond acceptors (Lipinski definition) is 5. The average Bonchev–Trinajstić information content (AvgIpc) is 3.07. The summed E-state index contributed by atoms with van der Waals surface area (Å²) >= 11 is 0. The van der Waals surface area contributed by atoms with Crippen LogP contribution < -0.4 is 0 Å². The Morgan fingerprint density at radius 1 is 0.852 bits per heavy atom. The number of halogens is 3. The Labute approximate surface area is 148 Å². The fourth-order valence-electron chi connectivity index (χ4n) is 2.39. The molecule has 2 aromatic carbocycles. The van der Waals surface area contributed by atoms with Crippen LogP contribution in [0, 0.1) is 20.2 Å². The Kier molecular flexibility index (Phi) is 4.35. The Hall–Kier alpha value is -3.76. The van der Waals surface area contributed by atoms with Crippen LogP contribution in [0.15, 0.2) is 54.6 Å². The van der Waals surface area contributed by atoms with Crippen LogP contribution in [-0.4, -0.2) is 19.6 Å². The predicted octanol–water partition coefficient (Wildman–Crippen LogP) is 4.37. The van der Waals surface area contributed by atoms with Crippen molar-refractivity contribution in [1.82, 2.24) is 9.78 Å². The molecule has 0 atom stereocenters. The van der Waals surface area contributed by atoms with Crippen molar-refractivity contribution in [3.8, 4) is 16.9 Å². The zero-order chi connectivity index (χ0) is 19.8. The van der Waals surface area contributed by atoms with E-state index >= 15 is 0 Å². The van der Waals surface area contributed by atoms with E-state index in [1.54, 1.807) is 0 Å². The van der Waals surface area contributed by atoms with E-state index in [0.29, 0.717) is 0 Å². The molecule has 0 spiro atoms. The normalized spacial score (nSPS) is 11.4. The number of benzene rings is 2. The molecule has 0 unspecified atom stereocenters. The average molecular weight is 378 g/mol. The number of nitrogens with zero attached hydrogens (tertiary/aromatic N) is 4. The molecule has 0 aliphatic rings. The molecule has 3 rings (SSSR count). The van der Waals surface area contributed by atoms with Gasteiger partial charge in [-0.15, -0.1) is 0 Å². The van der Waals surface area contributed by atoms with Crippen LogP contribution in [-0.2, 0) is 6.18 Å². The van der Waals surface area contributed by atoms with E-state index in [1.165, 1.54) is 24.3 Å². The second kappa shape index (κ2) is 6.52. The molecule has 0 amide bonds. The monoisotopic (exact) mass is 378 g/mol. The third-order valence-corrected chi connectivity index (χ3v) is 3.68. The van der Waals surface area contributed by atoms with Crippen molar-refractivity contribution in [3.05, 3.63) is 80.5 Å². The molecule has 1 aromatic heterocycles. The number of nitro groups is 2. The molecule has 0 aliphatic heterocycles. The summed E-state index contributed by atoms with van der Waals surface area (Å²) in [5.41, 5.74) is -1.12. The summed E-state index contributed by atoms with van der Waals surface area (Å²) in [6.45, 7) is 0. The SMILES string of the molecule is O=[N+]([O-])c1ccc(-c2cc(C(F)(F)F)nn2-c2ccc([N+](=O)[O-])cc2)cc1. The van der Waals surface area contributed by atoms with Gasteiger partial charge < -0.3 is 0 Å². The molecule has 0 bridgehead atoms. The number of non-ortho nitro benzene ring substituents is 2. The van der Waals surface area contributed by atoms with Gasteiger partial charge in [-0.2, -0.15) is 18.3 Å². The van der Waals surface area contributed by atoms with E-state index in [2.05, 4.69) is 5.10 Å². The summed E-state index contributed by atoms with van der Waals surface area (Å²) in [5, 5.41) is 25.0. The van der Waals surface area contributed by atoms with Gasteiger partial charge in [-0.1, -0.05) is 0 Å². The van der Waals surface area contributed by atoms with Crippen LogP contribution in [0.25, 0.3) is 16.9 Å². The van der Waals surface area contributed by atoms with Crippen molar-refractivity contribution in [1.29, 1.82) is 0 Å². The van der Waals surface area contributed by atoms with Crippen LogP contribution >= 0.6 is 0 Å². The number of nitro benzene ring substituents is 2. The Balaban J connectivity index is 2.13. The van der Waals surface area contributed by atoms with Gasteiger partial charge in [0.25, 0.3) is 11.4 Å². The Bertz CT molecular complexity index is 937. The first-order valence-corrected chi connectivity index (χ1v) is 7.34. The fraction of sp³-hybridized carbons (Fsp3) is 0.0625. The van der Waals surface area contributed by atoms with E-state index < -0.39 is 21.7 Å². The lowest BCUT2D eigenvalue weighted by molar-refractivity contribution is -0.385.